The van der Waals surface area contributed by atoms with Gasteiger partial charge in [0.05, 0.1) is 19.6 Å². The van der Waals surface area contributed by atoms with Crippen LogP contribution in [0.15, 0.2) is 18.2 Å². The van der Waals surface area contributed by atoms with Gasteiger partial charge in [0, 0.05) is 37.2 Å². The maximum absolute atomic E-state index is 11.9. The van der Waals surface area contributed by atoms with Crippen molar-refractivity contribution in [3.8, 4) is 0 Å². The van der Waals surface area contributed by atoms with E-state index in [1.54, 1.807) is 11.9 Å². The summed E-state index contributed by atoms with van der Waals surface area (Å²) in [5.41, 5.74) is 2.83. The molecular weight excluding hydrogens is 308 g/mol. The molecule has 0 atom stereocenters. The Hall–Kier alpha value is -1.92. The SMILES string of the molecule is CC(C)C(=O)NCCC1(c2ccc3c(c2)CC(=O)N3C)OCCO1. The fourth-order valence-electron chi connectivity index (χ4n) is 3.17. The predicted octanol–water partition coefficient (Wildman–Crippen LogP) is 1.57. The highest BCUT2D eigenvalue weighted by molar-refractivity contribution is 6.00. The maximum Gasteiger partial charge on any atom is 0.231 e. The molecule has 24 heavy (non-hydrogen) atoms. The predicted molar refractivity (Wildman–Crippen MR) is 89.6 cm³/mol. The number of hydrogen-bond donors (Lipinski definition) is 1. The van der Waals surface area contributed by atoms with Crippen LogP contribution in [0.5, 0.6) is 0 Å². The average molecular weight is 332 g/mol. The number of fused-ring (bicyclic) bond motifs is 1. The summed E-state index contributed by atoms with van der Waals surface area (Å²) in [6.07, 6.45) is 0.938. The number of anilines is 1. The zero-order valence-corrected chi connectivity index (χ0v) is 14.4. The van der Waals surface area contributed by atoms with Gasteiger partial charge in [0.15, 0.2) is 5.79 Å². The summed E-state index contributed by atoms with van der Waals surface area (Å²) in [7, 11) is 1.79. The standard InChI is InChI=1S/C18H24N2O4/c1-12(2)17(22)19-7-6-18(23-8-9-24-18)14-4-5-15-13(10-14)11-16(21)20(15)3/h4-5,10,12H,6-9,11H2,1-3H3,(H,19,22). The van der Waals surface area contributed by atoms with E-state index in [0.717, 1.165) is 16.8 Å². The van der Waals surface area contributed by atoms with Crippen molar-refractivity contribution in [2.75, 3.05) is 31.7 Å². The molecule has 2 amide bonds. The Morgan fingerprint density at radius 2 is 2.04 bits per heavy atom. The third-order valence-electron chi connectivity index (χ3n) is 4.63. The van der Waals surface area contributed by atoms with Gasteiger partial charge in [-0.25, -0.2) is 0 Å². The zero-order valence-electron chi connectivity index (χ0n) is 14.4. The van der Waals surface area contributed by atoms with Crippen LogP contribution in [0.1, 0.15) is 31.4 Å². The van der Waals surface area contributed by atoms with Crippen LogP contribution in [0.3, 0.4) is 0 Å². The van der Waals surface area contributed by atoms with Gasteiger partial charge in [-0.15, -0.1) is 0 Å². The summed E-state index contributed by atoms with van der Waals surface area (Å²) < 4.78 is 11.8. The lowest BCUT2D eigenvalue weighted by Gasteiger charge is -2.28. The summed E-state index contributed by atoms with van der Waals surface area (Å²) >= 11 is 0. The Kier molecular flexibility index (Phi) is 4.60. The molecule has 2 aliphatic rings. The lowest BCUT2D eigenvalue weighted by atomic mass is 9.98. The molecule has 6 nitrogen and oxygen atoms in total. The molecule has 0 spiro atoms. The van der Waals surface area contributed by atoms with Crippen LogP contribution in [-0.2, 0) is 31.3 Å². The Morgan fingerprint density at radius 3 is 2.71 bits per heavy atom. The smallest absolute Gasteiger partial charge is 0.231 e. The first-order valence-corrected chi connectivity index (χ1v) is 8.38. The van der Waals surface area contributed by atoms with Crippen molar-refractivity contribution in [2.45, 2.75) is 32.5 Å². The van der Waals surface area contributed by atoms with E-state index in [2.05, 4.69) is 5.32 Å². The van der Waals surface area contributed by atoms with Crippen LogP contribution < -0.4 is 10.2 Å². The van der Waals surface area contributed by atoms with E-state index in [1.165, 1.54) is 0 Å². The first kappa shape index (κ1) is 16.9. The molecule has 130 valence electrons. The van der Waals surface area contributed by atoms with Gasteiger partial charge < -0.3 is 19.7 Å². The molecule has 6 heteroatoms. The number of rotatable bonds is 5. The highest BCUT2D eigenvalue weighted by Crippen LogP contribution is 2.38. The molecule has 0 saturated carbocycles. The summed E-state index contributed by atoms with van der Waals surface area (Å²) in [6.45, 7) is 5.25. The van der Waals surface area contributed by atoms with Crippen molar-refractivity contribution in [3.05, 3.63) is 29.3 Å². The van der Waals surface area contributed by atoms with Crippen molar-refractivity contribution in [2.24, 2.45) is 5.92 Å². The van der Waals surface area contributed by atoms with Gasteiger partial charge in [-0.1, -0.05) is 19.9 Å². The van der Waals surface area contributed by atoms with E-state index in [0.29, 0.717) is 32.6 Å². The minimum Gasteiger partial charge on any atom is -0.356 e. The molecule has 0 aliphatic carbocycles. The topological polar surface area (TPSA) is 67.9 Å². The molecule has 1 saturated heterocycles. The number of ether oxygens (including phenoxy) is 2. The maximum atomic E-state index is 11.9. The van der Waals surface area contributed by atoms with Crippen molar-refractivity contribution in [1.82, 2.24) is 5.32 Å². The number of likely N-dealkylation sites (N-methyl/N-ethyl adjacent to an activating group) is 1. The second-order valence-corrected chi connectivity index (χ2v) is 6.62. The normalized spacial score (nSPS) is 19.0. The second-order valence-electron chi connectivity index (χ2n) is 6.62. The number of carbonyl (C=O) groups excluding carboxylic acids is 2. The quantitative estimate of drug-likeness (QED) is 0.889. The number of carbonyl (C=O) groups is 2. The van der Waals surface area contributed by atoms with Crippen LogP contribution in [0.4, 0.5) is 5.69 Å². The van der Waals surface area contributed by atoms with Gasteiger partial charge in [0.1, 0.15) is 0 Å². The third-order valence-corrected chi connectivity index (χ3v) is 4.63. The molecule has 0 unspecified atom stereocenters. The Labute approximate surface area is 142 Å². The van der Waals surface area contributed by atoms with Crippen LogP contribution in [0, 0.1) is 5.92 Å². The molecule has 1 aromatic carbocycles. The van der Waals surface area contributed by atoms with Gasteiger partial charge in [-0.05, 0) is 17.7 Å². The van der Waals surface area contributed by atoms with Crippen molar-refractivity contribution >= 4 is 17.5 Å². The number of benzene rings is 1. The monoisotopic (exact) mass is 332 g/mol. The second kappa shape index (κ2) is 6.53. The lowest BCUT2D eigenvalue weighted by molar-refractivity contribution is -0.170. The van der Waals surface area contributed by atoms with E-state index in [9.17, 15) is 9.59 Å². The fourth-order valence-corrected chi connectivity index (χ4v) is 3.17. The number of nitrogens with zero attached hydrogens (tertiary/aromatic N) is 1. The van der Waals surface area contributed by atoms with Crippen molar-refractivity contribution < 1.29 is 19.1 Å². The van der Waals surface area contributed by atoms with E-state index in [4.69, 9.17) is 9.47 Å². The summed E-state index contributed by atoms with van der Waals surface area (Å²) in [5, 5.41) is 2.91. The summed E-state index contributed by atoms with van der Waals surface area (Å²) in [4.78, 5) is 25.3. The highest BCUT2D eigenvalue weighted by Gasteiger charge is 2.39. The average Bonchev–Trinajstić information content (AvgIpc) is 3.13. The molecule has 0 bridgehead atoms. The molecular formula is C18H24N2O4. The largest absolute Gasteiger partial charge is 0.356 e. The molecule has 3 rings (SSSR count). The lowest BCUT2D eigenvalue weighted by Crippen LogP contribution is -2.35. The first-order chi connectivity index (χ1) is 11.4. The van der Waals surface area contributed by atoms with Crippen LogP contribution in [0.2, 0.25) is 0 Å². The molecule has 1 aromatic rings. The molecule has 1 N–H and O–H groups in total. The van der Waals surface area contributed by atoms with Gasteiger partial charge in [-0.3, -0.25) is 9.59 Å². The van der Waals surface area contributed by atoms with E-state index >= 15 is 0 Å². The van der Waals surface area contributed by atoms with Crippen LogP contribution >= 0.6 is 0 Å². The zero-order chi connectivity index (χ0) is 17.3. The fraction of sp³-hybridized carbons (Fsp3) is 0.556. The Balaban J connectivity index is 1.78. The number of amides is 2. The highest BCUT2D eigenvalue weighted by atomic mass is 16.7. The van der Waals surface area contributed by atoms with Gasteiger partial charge in [0.25, 0.3) is 0 Å². The van der Waals surface area contributed by atoms with Gasteiger partial charge >= 0.3 is 0 Å². The van der Waals surface area contributed by atoms with Crippen LogP contribution in [0.25, 0.3) is 0 Å². The van der Waals surface area contributed by atoms with Gasteiger partial charge in [-0.2, -0.15) is 0 Å². The van der Waals surface area contributed by atoms with Crippen molar-refractivity contribution in [1.29, 1.82) is 0 Å². The first-order valence-electron chi connectivity index (χ1n) is 8.38. The van der Waals surface area contributed by atoms with Crippen molar-refractivity contribution in [3.63, 3.8) is 0 Å². The molecule has 2 heterocycles. The Morgan fingerprint density at radius 1 is 1.33 bits per heavy atom. The molecule has 0 radical (unpaired) electrons. The minimum absolute atomic E-state index is 0.0179. The van der Waals surface area contributed by atoms with Crippen LogP contribution in [-0.4, -0.2) is 38.6 Å². The third kappa shape index (κ3) is 3.03. The summed E-state index contributed by atoms with van der Waals surface area (Å²) in [5.74, 6) is -0.783. The Bertz CT molecular complexity index is 650. The van der Waals surface area contributed by atoms with E-state index in [1.807, 2.05) is 32.0 Å². The summed E-state index contributed by atoms with van der Waals surface area (Å²) in [6, 6.07) is 5.88. The molecule has 2 aliphatic heterocycles. The van der Waals surface area contributed by atoms with Gasteiger partial charge in [0.2, 0.25) is 11.8 Å². The molecule has 1 fully saturated rings. The van der Waals surface area contributed by atoms with E-state index < -0.39 is 5.79 Å². The number of nitrogens with one attached hydrogen (secondary N) is 1. The number of hydrogen-bond acceptors (Lipinski definition) is 4. The minimum atomic E-state index is -0.844. The van der Waals surface area contributed by atoms with E-state index in [-0.39, 0.29) is 17.7 Å². The molecule has 0 aromatic heterocycles.